The lowest BCUT2D eigenvalue weighted by atomic mass is 9.96. The minimum absolute atomic E-state index is 0.490. The van der Waals surface area contributed by atoms with Gasteiger partial charge < -0.3 is 10.2 Å². The van der Waals surface area contributed by atoms with Gasteiger partial charge in [0.2, 0.25) is 0 Å². The molecule has 1 aliphatic rings. The number of aliphatic carboxylic acids is 1. The Morgan fingerprint density at radius 3 is 2.23 bits per heavy atom. The zero-order chi connectivity index (χ0) is 10.1. The molecule has 0 saturated heterocycles. The number of halogens is 2. The fraction of sp³-hybridized carbons (Fsp3) is 0.875. The smallest absolute Gasteiger partial charge is 0.377 e. The molecule has 1 unspecified atom stereocenters. The van der Waals surface area contributed by atoms with Gasteiger partial charge in [-0.1, -0.05) is 12.8 Å². The molecule has 3 nitrogen and oxygen atoms in total. The molecule has 0 aromatic heterocycles. The Morgan fingerprint density at radius 2 is 1.85 bits per heavy atom. The van der Waals surface area contributed by atoms with E-state index >= 15 is 0 Å². The first-order valence-corrected chi connectivity index (χ1v) is 4.25. The van der Waals surface area contributed by atoms with E-state index in [4.69, 9.17) is 10.2 Å². The molecule has 1 fully saturated rings. The first-order valence-electron chi connectivity index (χ1n) is 4.25. The molecule has 0 aromatic carbocycles. The number of aliphatic hydroxyl groups excluding tert-OH is 1. The average Bonchev–Trinajstić information content (AvgIpc) is 2.54. The molecule has 0 bridgehead atoms. The Bertz CT molecular complexity index is 200. The van der Waals surface area contributed by atoms with Crippen molar-refractivity contribution in [2.45, 2.75) is 37.7 Å². The molecule has 2 N–H and O–H groups in total. The normalized spacial score (nSPS) is 21.8. The van der Waals surface area contributed by atoms with E-state index in [0.717, 1.165) is 12.8 Å². The molecular weight excluding hydrogens is 182 g/mol. The standard InChI is InChI=1S/C8H12F2O3/c9-8(10,7(12)13)6(11)5-3-1-2-4-5/h5-6,11H,1-4H2,(H,12,13). The van der Waals surface area contributed by atoms with E-state index in [1.807, 2.05) is 0 Å². The average molecular weight is 194 g/mol. The molecule has 0 aliphatic heterocycles. The van der Waals surface area contributed by atoms with Crippen molar-refractivity contribution in [3.05, 3.63) is 0 Å². The van der Waals surface area contributed by atoms with Crippen LogP contribution < -0.4 is 0 Å². The quantitative estimate of drug-likeness (QED) is 0.711. The van der Waals surface area contributed by atoms with Crippen LogP contribution in [0.25, 0.3) is 0 Å². The summed E-state index contributed by atoms with van der Waals surface area (Å²) in [4.78, 5) is 10.1. The van der Waals surface area contributed by atoms with Gasteiger partial charge in [0, 0.05) is 0 Å². The van der Waals surface area contributed by atoms with E-state index in [2.05, 4.69) is 0 Å². The van der Waals surface area contributed by atoms with Crippen LogP contribution in [0.1, 0.15) is 25.7 Å². The van der Waals surface area contributed by atoms with Gasteiger partial charge in [-0.3, -0.25) is 0 Å². The lowest BCUT2D eigenvalue weighted by Gasteiger charge is -2.23. The van der Waals surface area contributed by atoms with Gasteiger partial charge in [-0.2, -0.15) is 8.78 Å². The van der Waals surface area contributed by atoms with Gasteiger partial charge in [-0.05, 0) is 18.8 Å². The van der Waals surface area contributed by atoms with Crippen LogP contribution >= 0.6 is 0 Å². The second-order valence-corrected chi connectivity index (χ2v) is 3.42. The van der Waals surface area contributed by atoms with Crippen molar-refractivity contribution in [1.82, 2.24) is 0 Å². The van der Waals surface area contributed by atoms with Crippen LogP contribution in [0.5, 0.6) is 0 Å². The summed E-state index contributed by atoms with van der Waals surface area (Å²) in [5.74, 6) is -6.81. The minimum Gasteiger partial charge on any atom is -0.477 e. The molecule has 0 spiro atoms. The van der Waals surface area contributed by atoms with E-state index < -0.39 is 23.9 Å². The van der Waals surface area contributed by atoms with Gasteiger partial charge in [0.25, 0.3) is 0 Å². The molecule has 0 amide bonds. The van der Waals surface area contributed by atoms with Crippen LogP contribution in [0.4, 0.5) is 8.78 Å². The summed E-state index contributed by atoms with van der Waals surface area (Å²) in [5.41, 5.74) is 0. The van der Waals surface area contributed by atoms with Crippen LogP contribution in [0, 0.1) is 5.92 Å². The monoisotopic (exact) mass is 194 g/mol. The van der Waals surface area contributed by atoms with Gasteiger partial charge >= 0.3 is 11.9 Å². The third-order valence-electron chi connectivity index (χ3n) is 2.50. The fourth-order valence-electron chi connectivity index (χ4n) is 1.70. The number of carboxylic acids is 1. The largest absolute Gasteiger partial charge is 0.477 e. The van der Waals surface area contributed by atoms with Crippen LogP contribution in [-0.4, -0.2) is 28.2 Å². The maximum Gasteiger partial charge on any atom is 0.377 e. The van der Waals surface area contributed by atoms with Crippen LogP contribution in [-0.2, 0) is 4.79 Å². The zero-order valence-corrected chi connectivity index (χ0v) is 7.04. The lowest BCUT2D eigenvalue weighted by Crippen LogP contribution is -2.45. The summed E-state index contributed by atoms with van der Waals surface area (Å²) < 4.78 is 25.5. The number of aliphatic hydroxyl groups is 1. The predicted octanol–water partition coefficient (Wildman–Crippen LogP) is 1.26. The Labute approximate surface area is 74.4 Å². The van der Waals surface area contributed by atoms with Crippen molar-refractivity contribution in [3.8, 4) is 0 Å². The van der Waals surface area contributed by atoms with Crippen molar-refractivity contribution in [2.75, 3.05) is 0 Å². The third-order valence-corrected chi connectivity index (χ3v) is 2.50. The van der Waals surface area contributed by atoms with Crippen molar-refractivity contribution in [2.24, 2.45) is 5.92 Å². The number of hydrogen-bond acceptors (Lipinski definition) is 2. The molecule has 76 valence electrons. The van der Waals surface area contributed by atoms with Crippen LogP contribution in [0.2, 0.25) is 0 Å². The highest BCUT2D eigenvalue weighted by Gasteiger charge is 2.50. The molecule has 1 rings (SSSR count). The van der Waals surface area contributed by atoms with Gasteiger partial charge in [-0.15, -0.1) is 0 Å². The molecule has 1 atom stereocenters. The van der Waals surface area contributed by atoms with Crippen molar-refractivity contribution >= 4 is 5.97 Å². The van der Waals surface area contributed by atoms with E-state index in [0.29, 0.717) is 12.8 Å². The highest BCUT2D eigenvalue weighted by Crippen LogP contribution is 2.34. The summed E-state index contributed by atoms with van der Waals surface area (Å²) in [6.07, 6.45) is 0.524. The van der Waals surface area contributed by atoms with E-state index in [1.165, 1.54) is 0 Å². The fourth-order valence-corrected chi connectivity index (χ4v) is 1.70. The number of carboxylic acid groups (broad SMARTS) is 1. The van der Waals surface area contributed by atoms with Crippen LogP contribution in [0.3, 0.4) is 0 Å². The van der Waals surface area contributed by atoms with Gasteiger partial charge in [0.1, 0.15) is 6.10 Å². The second-order valence-electron chi connectivity index (χ2n) is 3.42. The molecule has 0 heterocycles. The summed E-state index contributed by atoms with van der Waals surface area (Å²) >= 11 is 0. The minimum atomic E-state index is -4.00. The third kappa shape index (κ3) is 1.96. The summed E-state index contributed by atoms with van der Waals surface area (Å²) in [7, 11) is 0. The molecule has 0 aromatic rings. The number of carbonyl (C=O) groups is 1. The second kappa shape index (κ2) is 3.57. The van der Waals surface area contributed by atoms with E-state index in [1.54, 1.807) is 0 Å². The van der Waals surface area contributed by atoms with Crippen LogP contribution in [0.15, 0.2) is 0 Å². The highest BCUT2D eigenvalue weighted by molar-refractivity contribution is 5.76. The van der Waals surface area contributed by atoms with Gasteiger partial charge in [0.05, 0.1) is 0 Å². The molecular formula is C8H12F2O3. The Balaban J connectivity index is 2.64. The Hall–Kier alpha value is -0.710. The number of alkyl halides is 2. The number of hydrogen-bond donors (Lipinski definition) is 2. The van der Waals surface area contributed by atoms with E-state index in [-0.39, 0.29) is 0 Å². The topological polar surface area (TPSA) is 57.5 Å². The summed E-state index contributed by atoms with van der Waals surface area (Å²) in [6.45, 7) is 0. The maximum atomic E-state index is 12.7. The Kier molecular flexibility index (Phi) is 2.85. The molecule has 0 radical (unpaired) electrons. The van der Waals surface area contributed by atoms with Crippen molar-refractivity contribution < 1.29 is 23.8 Å². The molecule has 13 heavy (non-hydrogen) atoms. The first-order chi connectivity index (χ1) is 5.96. The number of rotatable bonds is 3. The molecule has 1 saturated carbocycles. The molecule has 1 aliphatic carbocycles. The van der Waals surface area contributed by atoms with Gasteiger partial charge in [-0.25, -0.2) is 4.79 Å². The molecule has 5 heteroatoms. The Morgan fingerprint density at radius 1 is 1.38 bits per heavy atom. The highest BCUT2D eigenvalue weighted by atomic mass is 19.3. The summed E-state index contributed by atoms with van der Waals surface area (Å²) in [5, 5.41) is 17.3. The first kappa shape index (κ1) is 10.4. The predicted molar refractivity (Wildman–Crippen MR) is 40.5 cm³/mol. The van der Waals surface area contributed by atoms with E-state index in [9.17, 15) is 13.6 Å². The maximum absolute atomic E-state index is 12.7. The lowest BCUT2D eigenvalue weighted by molar-refractivity contribution is -0.187. The van der Waals surface area contributed by atoms with Gasteiger partial charge in [0.15, 0.2) is 0 Å². The van der Waals surface area contributed by atoms with Crippen molar-refractivity contribution in [3.63, 3.8) is 0 Å². The summed E-state index contributed by atoms with van der Waals surface area (Å²) in [6, 6.07) is 0. The van der Waals surface area contributed by atoms with Crippen molar-refractivity contribution in [1.29, 1.82) is 0 Å². The zero-order valence-electron chi connectivity index (χ0n) is 7.04. The SMILES string of the molecule is O=C(O)C(F)(F)C(O)C1CCCC1.